The number of nitrogens with one attached hydrogen (secondary N) is 1. The number of hydrogen-bond acceptors (Lipinski definition) is 3. The first-order chi connectivity index (χ1) is 23.6. The Bertz CT molecular complexity index is 2210. The van der Waals surface area contributed by atoms with Crippen LogP contribution in [0.25, 0.3) is 34.9 Å². The molecule has 2 aliphatic heterocycles. The van der Waals surface area contributed by atoms with Crippen LogP contribution >= 0.6 is 0 Å². The van der Waals surface area contributed by atoms with Crippen molar-refractivity contribution in [3.63, 3.8) is 0 Å². The maximum absolute atomic E-state index is 7.35. The van der Waals surface area contributed by atoms with Crippen LogP contribution < -0.4 is 5.73 Å². The number of benzene rings is 4. The summed E-state index contributed by atoms with van der Waals surface area (Å²) in [6.45, 7) is 0. The molecule has 4 aromatic carbocycles. The van der Waals surface area contributed by atoms with E-state index >= 15 is 0 Å². The minimum Gasteiger partial charge on any atom is -0.0622 e. The predicted molar refractivity (Wildman–Crippen MR) is 200 cm³/mol. The van der Waals surface area contributed by atoms with Gasteiger partial charge in [-0.1, -0.05) is 121 Å². The van der Waals surface area contributed by atoms with Crippen LogP contribution in [-0.4, -0.2) is 21.0 Å². The summed E-state index contributed by atoms with van der Waals surface area (Å²) >= 11 is 1.08. The molecule has 7 rings (SSSR count). The molecule has 0 aliphatic carbocycles. The van der Waals surface area contributed by atoms with Crippen molar-refractivity contribution in [2.45, 2.75) is 0 Å². The Kier molecular flexibility index (Phi) is 9.22. The van der Waals surface area contributed by atoms with E-state index in [-0.39, 0.29) is 0 Å². The van der Waals surface area contributed by atoms with Gasteiger partial charge in [-0.15, -0.1) is 0 Å². The minimum atomic E-state index is 0.656. The molecule has 3 N–H and O–H groups in total. The molecular formula is C43H32N4Zn. The summed E-state index contributed by atoms with van der Waals surface area (Å²) in [5.74, 6) is 0. The van der Waals surface area contributed by atoms with Crippen molar-refractivity contribution in [3.05, 3.63) is 202 Å². The van der Waals surface area contributed by atoms with Crippen molar-refractivity contribution in [1.82, 2.24) is 4.98 Å². The van der Waals surface area contributed by atoms with E-state index in [1.807, 2.05) is 72.8 Å². The van der Waals surface area contributed by atoms with E-state index in [0.29, 0.717) is 5.70 Å². The maximum atomic E-state index is 7.35. The molecule has 4 nitrogen and oxygen atoms in total. The summed E-state index contributed by atoms with van der Waals surface area (Å²) in [4.78, 5) is 13.5. The van der Waals surface area contributed by atoms with Crippen molar-refractivity contribution < 1.29 is 17.9 Å². The van der Waals surface area contributed by atoms with E-state index in [1.165, 1.54) is 0 Å². The molecule has 0 saturated carbocycles. The first-order valence-corrected chi connectivity index (χ1v) is 17.6. The van der Waals surface area contributed by atoms with Crippen molar-refractivity contribution >= 4 is 51.0 Å². The Morgan fingerprint density at radius 1 is 0.625 bits per heavy atom. The van der Waals surface area contributed by atoms with Gasteiger partial charge in [0, 0.05) is 16.8 Å². The summed E-state index contributed by atoms with van der Waals surface area (Å²) in [5, 5.41) is 0. The van der Waals surface area contributed by atoms with Crippen LogP contribution in [0.1, 0.15) is 33.6 Å². The zero-order valence-electron chi connectivity index (χ0n) is 26.4. The molecule has 226 valence electrons. The molecule has 0 saturated heterocycles. The molecule has 1 aromatic heterocycles. The Hall–Kier alpha value is -5.77. The van der Waals surface area contributed by atoms with Gasteiger partial charge in [0.15, 0.2) is 0 Å². The van der Waals surface area contributed by atoms with Crippen LogP contribution in [0.2, 0.25) is 0 Å². The first kappa shape index (κ1) is 30.9. The first-order valence-electron chi connectivity index (χ1n) is 15.9. The molecule has 0 unspecified atom stereocenters. The van der Waals surface area contributed by atoms with E-state index in [4.69, 9.17) is 10.7 Å². The number of nitrogens with two attached hydrogens (primary N) is 1. The number of aromatic nitrogens is 1. The number of rotatable bonds is 9. The van der Waals surface area contributed by atoms with Gasteiger partial charge in [-0.2, -0.15) is 0 Å². The fraction of sp³-hybridized carbons (Fsp3) is 0. The molecule has 5 aromatic rings. The second kappa shape index (κ2) is 14.3. The van der Waals surface area contributed by atoms with Crippen molar-refractivity contribution in [2.24, 2.45) is 15.7 Å². The van der Waals surface area contributed by atoms with Gasteiger partial charge in [0.05, 0.1) is 0 Å². The van der Waals surface area contributed by atoms with Crippen LogP contribution in [0.3, 0.4) is 0 Å². The molecule has 2 aliphatic rings. The molecule has 5 heteroatoms. The van der Waals surface area contributed by atoms with Gasteiger partial charge in [0.1, 0.15) is 0 Å². The second-order valence-corrected chi connectivity index (χ2v) is 12.3. The van der Waals surface area contributed by atoms with Crippen LogP contribution in [0.4, 0.5) is 0 Å². The zero-order chi connectivity index (χ0) is 32.7. The van der Waals surface area contributed by atoms with Crippen molar-refractivity contribution in [2.75, 3.05) is 0 Å². The molecule has 0 radical (unpaired) electrons. The topological polar surface area (TPSA) is 66.5 Å². The average Bonchev–Trinajstić information content (AvgIpc) is 3.90. The smallest absolute Gasteiger partial charge is 0.0622 e. The van der Waals surface area contributed by atoms with Gasteiger partial charge in [0.2, 0.25) is 0 Å². The number of aromatic amines is 1. The minimum absolute atomic E-state index is 0.656. The van der Waals surface area contributed by atoms with Gasteiger partial charge in [0.25, 0.3) is 0 Å². The van der Waals surface area contributed by atoms with E-state index in [9.17, 15) is 0 Å². The molecule has 0 fully saturated rings. The molecule has 0 spiro atoms. The molecule has 48 heavy (non-hydrogen) atoms. The molecular weight excluding hydrogens is 638 g/mol. The summed E-state index contributed by atoms with van der Waals surface area (Å²) in [6.07, 6.45) is 12.5. The summed E-state index contributed by atoms with van der Waals surface area (Å²) in [7, 11) is 0. The third-order valence-electron chi connectivity index (χ3n) is 8.16. The van der Waals surface area contributed by atoms with Crippen molar-refractivity contribution in [3.8, 4) is 0 Å². The molecule has 0 atom stereocenters. The van der Waals surface area contributed by atoms with E-state index in [0.717, 1.165) is 91.0 Å². The predicted octanol–water partition coefficient (Wildman–Crippen LogP) is 9.21. The van der Waals surface area contributed by atoms with E-state index in [2.05, 4.69) is 112 Å². The fourth-order valence-corrected chi connectivity index (χ4v) is 6.33. The number of aliphatic imine (C=N–C) groups is 2. The van der Waals surface area contributed by atoms with E-state index in [1.54, 1.807) is 0 Å². The average molecular weight is 670 g/mol. The van der Waals surface area contributed by atoms with Crippen LogP contribution in [-0.2, 0) is 17.9 Å². The Labute approximate surface area is 290 Å². The second-order valence-electron chi connectivity index (χ2n) is 11.5. The summed E-state index contributed by atoms with van der Waals surface area (Å²) in [6, 6.07) is 45.5. The third-order valence-corrected chi connectivity index (χ3v) is 9.03. The summed E-state index contributed by atoms with van der Waals surface area (Å²) in [5.41, 5.74) is 20.6. The molecule has 3 heterocycles. The molecule has 0 bridgehead atoms. The normalized spacial score (nSPS) is 16.5. The monoisotopic (exact) mass is 668 g/mol. The van der Waals surface area contributed by atoms with Gasteiger partial charge >= 0.3 is 120 Å². The van der Waals surface area contributed by atoms with Gasteiger partial charge < -0.3 is 5.73 Å². The van der Waals surface area contributed by atoms with Gasteiger partial charge in [-0.25, -0.2) is 0 Å². The van der Waals surface area contributed by atoms with Crippen LogP contribution in [0, 0.1) is 0 Å². The molecule has 0 amide bonds. The van der Waals surface area contributed by atoms with Crippen molar-refractivity contribution in [1.29, 1.82) is 0 Å². The third kappa shape index (κ3) is 6.97. The Morgan fingerprint density at radius 2 is 1.21 bits per heavy atom. The standard InChI is InChI=1S/C43H32N4.Zn/c1-30-22-23-35(45-30)27-36-24-25-37(46-36)28-38-29-40(33-18-10-4-11-19-33)43(47-38)41(34-20-12-5-13-21-34)42(44)39(32-16-8-3-9-17-32)26-31-14-6-2-7-15-31;/h1-29,46H,44H2;/b35-27?,38-28?,39-26?,42-41-;. The number of nitrogens with zero attached hydrogens (tertiary/aromatic N) is 2. The zero-order valence-corrected chi connectivity index (χ0v) is 29.4. The number of allylic oxidation sites excluding steroid dienone is 6. The fourth-order valence-electron chi connectivity index (χ4n) is 5.85. The number of hydrogen-bond donors (Lipinski definition) is 2. The van der Waals surface area contributed by atoms with Crippen LogP contribution in [0.15, 0.2) is 179 Å². The Morgan fingerprint density at radius 3 is 1.83 bits per heavy atom. The quantitative estimate of drug-likeness (QED) is 0.0917. The SMILES string of the molecule is N/C(C(=Cc1ccccc1)c1ccccc1)=C(\C1=NC(=Cc2ccc(C=C3C=CC([CH]=[Zn])=N3)[nH]2)C=C1c1ccccc1)c1ccccc1. The Balaban J connectivity index is 1.39. The summed E-state index contributed by atoms with van der Waals surface area (Å²) < 4.78 is 2.12. The van der Waals surface area contributed by atoms with Crippen LogP contribution in [0.5, 0.6) is 0 Å². The van der Waals surface area contributed by atoms with E-state index < -0.39 is 0 Å². The van der Waals surface area contributed by atoms with Gasteiger partial charge in [-0.3, -0.25) is 0 Å². The van der Waals surface area contributed by atoms with Gasteiger partial charge in [-0.05, 0) is 28.3 Å². The number of H-pyrrole nitrogens is 1.